The Balaban J connectivity index is 1.28. The van der Waals surface area contributed by atoms with Crippen molar-refractivity contribution in [3.8, 4) is 28.1 Å². The SMILES string of the molecule is Cc1ncn2cc(-c3ccc(-c4cnc(N5CCN[C@@H](C6CC6)C5)nn4)c(OC=O)c3)ccc12. The summed E-state index contributed by atoms with van der Waals surface area (Å²) >= 11 is 0. The summed E-state index contributed by atoms with van der Waals surface area (Å²) in [4.78, 5) is 22.4. The van der Waals surface area contributed by atoms with Crippen molar-refractivity contribution >= 4 is 17.9 Å². The highest BCUT2D eigenvalue weighted by Crippen LogP contribution is 2.35. The minimum atomic E-state index is 0.411. The molecule has 2 aliphatic rings. The Morgan fingerprint density at radius 2 is 2.00 bits per heavy atom. The van der Waals surface area contributed by atoms with E-state index < -0.39 is 0 Å². The van der Waals surface area contributed by atoms with Crippen LogP contribution in [0.3, 0.4) is 0 Å². The van der Waals surface area contributed by atoms with Crippen LogP contribution in [0.25, 0.3) is 27.9 Å². The maximum Gasteiger partial charge on any atom is 0.298 e. The summed E-state index contributed by atoms with van der Waals surface area (Å²) in [6.45, 7) is 5.10. The Hall–Kier alpha value is -3.85. The number of hydrogen-bond donors (Lipinski definition) is 1. The third-order valence-electron chi connectivity index (χ3n) is 6.72. The van der Waals surface area contributed by atoms with Crippen LogP contribution in [0.1, 0.15) is 18.5 Å². The Kier molecular flexibility index (Phi) is 5.18. The first-order valence-corrected chi connectivity index (χ1v) is 11.6. The number of rotatable bonds is 6. The van der Waals surface area contributed by atoms with Gasteiger partial charge in [-0.3, -0.25) is 4.79 Å². The van der Waals surface area contributed by atoms with E-state index in [-0.39, 0.29) is 0 Å². The van der Waals surface area contributed by atoms with Crippen molar-refractivity contribution in [2.75, 3.05) is 24.5 Å². The third-order valence-corrected chi connectivity index (χ3v) is 6.72. The van der Waals surface area contributed by atoms with Crippen molar-refractivity contribution in [3.63, 3.8) is 0 Å². The minimum Gasteiger partial charge on any atom is -0.428 e. The molecule has 1 saturated heterocycles. The number of hydrogen-bond acceptors (Lipinski definition) is 8. The maximum atomic E-state index is 11.2. The first-order valence-electron chi connectivity index (χ1n) is 11.6. The molecule has 0 radical (unpaired) electrons. The number of aryl methyl sites for hydroxylation is 1. The molecule has 6 rings (SSSR count). The van der Waals surface area contributed by atoms with Gasteiger partial charge in [-0.2, -0.15) is 0 Å². The summed E-state index contributed by atoms with van der Waals surface area (Å²) in [7, 11) is 0. The average molecular weight is 456 g/mol. The van der Waals surface area contributed by atoms with Crippen molar-refractivity contribution in [2.45, 2.75) is 25.8 Å². The van der Waals surface area contributed by atoms with E-state index in [9.17, 15) is 4.79 Å². The van der Waals surface area contributed by atoms with Gasteiger partial charge < -0.3 is 19.4 Å². The number of anilines is 1. The molecule has 0 amide bonds. The van der Waals surface area contributed by atoms with Crippen LogP contribution >= 0.6 is 0 Å². The number of carbonyl (C=O) groups is 1. The maximum absolute atomic E-state index is 11.2. The van der Waals surface area contributed by atoms with Gasteiger partial charge in [-0.1, -0.05) is 12.1 Å². The second kappa shape index (κ2) is 8.49. The zero-order valence-electron chi connectivity index (χ0n) is 18.9. The van der Waals surface area contributed by atoms with E-state index in [1.165, 1.54) is 12.8 Å². The molecule has 34 heavy (non-hydrogen) atoms. The molecule has 1 atom stereocenters. The number of pyridine rings is 1. The number of ether oxygens (including phenoxy) is 1. The molecule has 172 valence electrons. The summed E-state index contributed by atoms with van der Waals surface area (Å²) in [6, 6.07) is 10.3. The lowest BCUT2D eigenvalue weighted by Gasteiger charge is -2.33. The van der Waals surface area contributed by atoms with Crippen molar-refractivity contribution in [1.82, 2.24) is 29.9 Å². The molecule has 1 saturated carbocycles. The lowest BCUT2D eigenvalue weighted by atomic mass is 10.0. The number of carbonyl (C=O) groups excluding carboxylic acids is 1. The van der Waals surface area contributed by atoms with Crippen molar-refractivity contribution in [3.05, 3.63) is 54.7 Å². The molecule has 1 aliphatic heterocycles. The topological polar surface area (TPSA) is 97.5 Å². The number of imidazole rings is 1. The predicted octanol–water partition coefficient (Wildman–Crippen LogP) is 2.89. The fourth-order valence-electron chi connectivity index (χ4n) is 4.68. The van der Waals surface area contributed by atoms with E-state index in [1.54, 1.807) is 12.5 Å². The summed E-state index contributed by atoms with van der Waals surface area (Å²) in [5.74, 6) is 1.82. The molecule has 1 aliphatic carbocycles. The van der Waals surface area contributed by atoms with Gasteiger partial charge in [0.25, 0.3) is 6.47 Å². The lowest BCUT2D eigenvalue weighted by molar-refractivity contribution is -0.120. The number of benzene rings is 1. The van der Waals surface area contributed by atoms with Crippen molar-refractivity contribution < 1.29 is 9.53 Å². The van der Waals surface area contributed by atoms with Gasteiger partial charge in [-0.05, 0) is 55.0 Å². The molecular weight excluding hydrogens is 430 g/mol. The molecule has 9 heteroatoms. The van der Waals surface area contributed by atoms with Crippen LogP contribution < -0.4 is 15.0 Å². The van der Waals surface area contributed by atoms with Crippen LogP contribution in [-0.2, 0) is 4.79 Å². The van der Waals surface area contributed by atoms with E-state index in [2.05, 4.69) is 30.4 Å². The van der Waals surface area contributed by atoms with Gasteiger partial charge in [-0.25, -0.2) is 9.97 Å². The van der Waals surface area contributed by atoms with Gasteiger partial charge in [0.2, 0.25) is 5.95 Å². The molecule has 3 aromatic heterocycles. The molecule has 4 aromatic rings. The number of nitrogens with zero attached hydrogens (tertiary/aromatic N) is 6. The first kappa shape index (κ1) is 20.7. The monoisotopic (exact) mass is 455 g/mol. The number of piperazine rings is 1. The van der Waals surface area contributed by atoms with Crippen LogP contribution in [0, 0.1) is 12.8 Å². The van der Waals surface area contributed by atoms with Crippen LogP contribution in [0.5, 0.6) is 5.75 Å². The molecular formula is C25H25N7O2. The second-order valence-electron chi connectivity index (χ2n) is 8.95. The molecule has 0 unspecified atom stereocenters. The molecule has 4 heterocycles. The van der Waals surface area contributed by atoms with Gasteiger partial charge in [0.1, 0.15) is 11.4 Å². The Morgan fingerprint density at radius 3 is 2.79 bits per heavy atom. The molecule has 2 fully saturated rings. The van der Waals surface area contributed by atoms with Crippen LogP contribution in [0.15, 0.2) is 49.1 Å². The number of nitrogens with one attached hydrogen (secondary N) is 1. The Morgan fingerprint density at radius 1 is 1.12 bits per heavy atom. The van der Waals surface area contributed by atoms with Gasteiger partial charge in [0.05, 0.1) is 23.7 Å². The summed E-state index contributed by atoms with van der Waals surface area (Å²) in [6.07, 6.45) is 8.10. The van der Waals surface area contributed by atoms with Gasteiger partial charge in [0.15, 0.2) is 0 Å². The van der Waals surface area contributed by atoms with Gasteiger partial charge in [-0.15, -0.1) is 10.2 Å². The molecule has 9 nitrogen and oxygen atoms in total. The quantitative estimate of drug-likeness (QED) is 0.443. The number of fused-ring (bicyclic) bond motifs is 1. The summed E-state index contributed by atoms with van der Waals surface area (Å²) in [5, 5.41) is 12.4. The zero-order valence-corrected chi connectivity index (χ0v) is 18.9. The first-order chi connectivity index (χ1) is 16.7. The summed E-state index contributed by atoms with van der Waals surface area (Å²) < 4.78 is 7.31. The van der Waals surface area contributed by atoms with Crippen LogP contribution in [0.2, 0.25) is 0 Å². The largest absolute Gasteiger partial charge is 0.428 e. The van der Waals surface area contributed by atoms with Crippen molar-refractivity contribution in [1.29, 1.82) is 0 Å². The molecule has 0 spiro atoms. The van der Waals surface area contributed by atoms with E-state index in [0.717, 1.165) is 47.9 Å². The van der Waals surface area contributed by atoms with E-state index in [1.807, 2.05) is 47.9 Å². The normalized spacial score (nSPS) is 18.3. The fourth-order valence-corrected chi connectivity index (χ4v) is 4.68. The molecule has 1 aromatic carbocycles. The Labute approximate surface area is 196 Å². The fraction of sp³-hybridized carbons (Fsp3) is 0.320. The zero-order chi connectivity index (χ0) is 23.1. The van der Waals surface area contributed by atoms with E-state index in [0.29, 0.717) is 35.5 Å². The van der Waals surface area contributed by atoms with Crippen LogP contribution in [-0.4, -0.2) is 56.7 Å². The van der Waals surface area contributed by atoms with Crippen LogP contribution in [0.4, 0.5) is 5.95 Å². The second-order valence-corrected chi connectivity index (χ2v) is 8.95. The Bertz CT molecular complexity index is 1350. The third kappa shape index (κ3) is 3.88. The van der Waals surface area contributed by atoms with E-state index >= 15 is 0 Å². The predicted molar refractivity (Wildman–Crippen MR) is 128 cm³/mol. The highest BCUT2D eigenvalue weighted by atomic mass is 16.5. The smallest absolute Gasteiger partial charge is 0.298 e. The van der Waals surface area contributed by atoms with Crippen molar-refractivity contribution in [2.24, 2.45) is 5.92 Å². The minimum absolute atomic E-state index is 0.411. The summed E-state index contributed by atoms with van der Waals surface area (Å²) in [5.41, 5.74) is 5.15. The highest BCUT2D eigenvalue weighted by Gasteiger charge is 2.34. The highest BCUT2D eigenvalue weighted by molar-refractivity contribution is 5.76. The number of aromatic nitrogens is 5. The van der Waals surface area contributed by atoms with Gasteiger partial charge >= 0.3 is 0 Å². The standard InChI is InChI=1S/C25H25N7O2/c1-16-23-7-5-19(12-32(23)14-28-16)18-4-6-20(24(10-18)34-15-33)21-11-27-25(30-29-21)31-9-8-26-22(13-31)17-2-3-17/h4-7,10-12,14-15,17,22,26H,2-3,8-9,13H2,1H3/t22-/m1/s1. The average Bonchev–Trinajstić information content (AvgIpc) is 3.67. The molecule has 0 bridgehead atoms. The molecule has 1 N–H and O–H groups in total. The van der Waals surface area contributed by atoms with Gasteiger partial charge in [0, 0.05) is 37.4 Å². The lowest BCUT2D eigenvalue weighted by Crippen LogP contribution is -2.52. The van der Waals surface area contributed by atoms with E-state index in [4.69, 9.17) is 4.74 Å².